The molecule has 0 fully saturated rings. The fourth-order valence-corrected chi connectivity index (χ4v) is 1.14. The Morgan fingerprint density at radius 3 is 2.76 bits per heavy atom. The van der Waals surface area contributed by atoms with Gasteiger partial charge in [0.2, 0.25) is 0 Å². The number of nitrogens with one attached hydrogen (secondary N) is 1. The van der Waals surface area contributed by atoms with Crippen molar-refractivity contribution in [1.82, 2.24) is 10.2 Å². The summed E-state index contributed by atoms with van der Waals surface area (Å²) in [4.78, 5) is 11.1. The predicted octanol–water partition coefficient (Wildman–Crippen LogP) is 2.36. The van der Waals surface area contributed by atoms with Crippen LogP contribution in [0.5, 0.6) is 0 Å². The highest BCUT2D eigenvalue weighted by Crippen LogP contribution is 2.02. The van der Waals surface area contributed by atoms with Crippen molar-refractivity contribution in [2.75, 3.05) is 0 Å². The first-order chi connectivity index (χ1) is 8.36. The minimum Gasteiger partial charge on any atom is -0.473 e. The van der Waals surface area contributed by atoms with Crippen molar-refractivity contribution in [3.05, 3.63) is 65.5 Å². The van der Waals surface area contributed by atoms with Gasteiger partial charge in [-0.3, -0.25) is 4.79 Å². The van der Waals surface area contributed by atoms with Crippen molar-refractivity contribution in [2.24, 2.45) is 0 Å². The van der Waals surface area contributed by atoms with Crippen LogP contribution in [-0.4, -0.2) is 10.2 Å². The summed E-state index contributed by atoms with van der Waals surface area (Å²) in [6.45, 7) is 0. The molecule has 0 spiro atoms. The van der Waals surface area contributed by atoms with E-state index in [0.29, 0.717) is 11.1 Å². The quantitative estimate of drug-likeness (QED) is 0.754. The highest BCUT2D eigenvalue weighted by atomic mass is 16.3. The number of rotatable bonds is 0. The molecular weight excluding hydrogens is 220 g/mol. The van der Waals surface area contributed by atoms with E-state index in [1.165, 1.54) is 24.9 Å². The predicted molar refractivity (Wildman–Crippen MR) is 62.2 cm³/mol. The van der Waals surface area contributed by atoms with E-state index in [-0.39, 0.29) is 5.56 Å². The third-order valence-electron chi connectivity index (χ3n) is 1.87. The summed E-state index contributed by atoms with van der Waals surface area (Å²) in [5.41, 5.74) is 0.518. The molecule has 5 heteroatoms. The maximum atomic E-state index is 11.1. The molecule has 2 aromatic rings. The first-order valence-corrected chi connectivity index (χ1v) is 4.93. The Morgan fingerprint density at radius 1 is 1.06 bits per heavy atom. The molecule has 0 saturated heterocycles. The van der Waals surface area contributed by atoms with Gasteiger partial charge in [-0.25, -0.2) is 5.10 Å². The van der Waals surface area contributed by atoms with Crippen LogP contribution in [0.2, 0.25) is 0 Å². The Hall–Kier alpha value is -2.56. The number of fused-ring (bicyclic) bond motifs is 1. The summed E-state index contributed by atoms with van der Waals surface area (Å²) < 4.78 is 10.4. The van der Waals surface area contributed by atoms with E-state index in [1.807, 2.05) is 0 Å². The third-order valence-corrected chi connectivity index (χ3v) is 1.87. The number of hydrogen-bond donors (Lipinski definition) is 1. The second-order valence-corrected chi connectivity index (χ2v) is 3.08. The Balaban J connectivity index is 2.76. The minimum atomic E-state index is -0.325. The number of aromatic amines is 1. The average molecular weight is 230 g/mol. The Labute approximate surface area is 96.4 Å². The van der Waals surface area contributed by atoms with Gasteiger partial charge in [0.15, 0.2) is 5.58 Å². The van der Waals surface area contributed by atoms with E-state index in [4.69, 9.17) is 8.83 Å². The summed E-state index contributed by atoms with van der Waals surface area (Å²) >= 11 is 0. The normalized spacial score (nSPS) is 9.41. The summed E-state index contributed by atoms with van der Waals surface area (Å²) in [6, 6.07) is 9.90. The topological polar surface area (TPSA) is 72.0 Å². The highest BCUT2D eigenvalue weighted by molar-refractivity contribution is 5.68. The maximum Gasteiger partial charge on any atom is 0.267 e. The van der Waals surface area contributed by atoms with Crippen LogP contribution >= 0.6 is 0 Å². The molecule has 0 saturated carbocycles. The van der Waals surface area contributed by atoms with Crippen LogP contribution in [0.1, 0.15) is 0 Å². The molecule has 0 aromatic carbocycles. The molecule has 0 radical (unpaired) electrons. The van der Waals surface area contributed by atoms with E-state index >= 15 is 0 Å². The molecule has 0 aliphatic heterocycles. The van der Waals surface area contributed by atoms with Crippen molar-refractivity contribution >= 4 is 11.1 Å². The van der Waals surface area contributed by atoms with Crippen LogP contribution in [0.15, 0.2) is 68.8 Å². The molecule has 2 aromatic heterocycles. The van der Waals surface area contributed by atoms with E-state index in [9.17, 15) is 4.79 Å². The van der Waals surface area contributed by atoms with Crippen LogP contribution in [0.3, 0.4) is 0 Å². The first-order valence-electron chi connectivity index (χ1n) is 4.93. The second-order valence-electron chi connectivity index (χ2n) is 3.08. The van der Waals surface area contributed by atoms with E-state index in [1.54, 1.807) is 30.3 Å². The van der Waals surface area contributed by atoms with Gasteiger partial charge in [0, 0.05) is 12.1 Å². The number of aromatic nitrogens is 2. The van der Waals surface area contributed by atoms with E-state index < -0.39 is 0 Å². The smallest absolute Gasteiger partial charge is 0.267 e. The number of H-pyrrole nitrogens is 1. The minimum absolute atomic E-state index is 0.325. The molecule has 17 heavy (non-hydrogen) atoms. The molecule has 2 heterocycles. The molecule has 86 valence electrons. The Bertz CT molecular complexity index is 652. The SMILES string of the molecule is O=c1cc2occccccoccc2n[nH]1. The van der Waals surface area contributed by atoms with Crippen molar-refractivity contribution in [3.8, 4) is 0 Å². The zero-order valence-electron chi connectivity index (χ0n) is 8.87. The van der Waals surface area contributed by atoms with Gasteiger partial charge in [-0.15, -0.1) is 0 Å². The number of hydrogen-bond acceptors (Lipinski definition) is 4. The van der Waals surface area contributed by atoms with Crippen LogP contribution in [0, 0.1) is 0 Å². The summed E-state index contributed by atoms with van der Waals surface area (Å²) in [5.74, 6) is 0. The van der Waals surface area contributed by atoms with Gasteiger partial charge in [0.1, 0.15) is 5.52 Å². The highest BCUT2D eigenvalue weighted by Gasteiger charge is 1.92. The van der Waals surface area contributed by atoms with Crippen molar-refractivity contribution < 1.29 is 8.83 Å². The molecule has 0 aliphatic carbocycles. The van der Waals surface area contributed by atoms with Crippen molar-refractivity contribution in [2.45, 2.75) is 0 Å². The van der Waals surface area contributed by atoms with Crippen molar-refractivity contribution in [1.29, 1.82) is 0 Å². The maximum absolute atomic E-state index is 11.1. The monoisotopic (exact) mass is 230 g/mol. The third kappa shape index (κ3) is 3.20. The van der Waals surface area contributed by atoms with Gasteiger partial charge in [-0.05, 0) is 12.1 Å². The fraction of sp³-hybridized carbons (Fsp3) is 0. The molecular formula is C12H10N2O3. The van der Waals surface area contributed by atoms with E-state index in [0.717, 1.165) is 0 Å². The van der Waals surface area contributed by atoms with Gasteiger partial charge in [-0.1, -0.05) is 12.1 Å². The van der Waals surface area contributed by atoms with Crippen LogP contribution < -0.4 is 5.56 Å². The van der Waals surface area contributed by atoms with Crippen LogP contribution in [0.25, 0.3) is 11.1 Å². The molecule has 0 amide bonds. The van der Waals surface area contributed by atoms with Gasteiger partial charge >= 0.3 is 0 Å². The molecule has 1 N–H and O–H groups in total. The van der Waals surface area contributed by atoms with Crippen molar-refractivity contribution in [3.63, 3.8) is 0 Å². The fourth-order valence-electron chi connectivity index (χ4n) is 1.14. The Kier molecular flexibility index (Phi) is 3.54. The molecule has 0 aliphatic rings. The second kappa shape index (κ2) is 5.50. The van der Waals surface area contributed by atoms with Crippen LogP contribution in [-0.2, 0) is 0 Å². The lowest BCUT2D eigenvalue weighted by Crippen LogP contribution is -2.04. The zero-order chi connectivity index (χ0) is 11.9. The summed E-state index contributed by atoms with van der Waals surface area (Å²) in [7, 11) is 0. The zero-order valence-corrected chi connectivity index (χ0v) is 8.87. The standard InChI is InChI=1S/C12H10N2O3/c15-12-9-11-10(13-14-12)5-8-16-6-3-1-2-4-7-17-11/h1-9H,(H,14,15). The lowest BCUT2D eigenvalue weighted by Gasteiger charge is -1.88. The lowest BCUT2D eigenvalue weighted by molar-refractivity contribution is 0.554. The molecule has 0 atom stereocenters. The van der Waals surface area contributed by atoms with Gasteiger partial charge in [0.05, 0.1) is 18.8 Å². The molecule has 0 bridgehead atoms. The summed E-state index contributed by atoms with van der Waals surface area (Å²) in [6.07, 6.45) is 4.44. The summed E-state index contributed by atoms with van der Waals surface area (Å²) in [5, 5.41) is 6.16. The van der Waals surface area contributed by atoms with Gasteiger partial charge in [-0.2, -0.15) is 5.10 Å². The average Bonchev–Trinajstić information content (AvgIpc) is 2.31. The molecule has 0 unspecified atom stereocenters. The van der Waals surface area contributed by atoms with E-state index in [2.05, 4.69) is 10.2 Å². The van der Waals surface area contributed by atoms with Gasteiger partial charge < -0.3 is 8.83 Å². The van der Waals surface area contributed by atoms with Gasteiger partial charge in [0.25, 0.3) is 5.56 Å². The Morgan fingerprint density at radius 2 is 1.88 bits per heavy atom. The lowest BCUT2D eigenvalue weighted by atomic mass is 10.4. The molecule has 5 nitrogen and oxygen atoms in total. The largest absolute Gasteiger partial charge is 0.473 e. The number of nitrogens with zero attached hydrogens (tertiary/aromatic N) is 1. The van der Waals surface area contributed by atoms with Crippen LogP contribution in [0.4, 0.5) is 0 Å². The molecule has 2 rings (SSSR count). The first kappa shape index (κ1) is 10.9.